The molecule has 1 fully saturated rings. The summed E-state index contributed by atoms with van der Waals surface area (Å²) in [6, 6.07) is 2.86. The first-order valence-corrected chi connectivity index (χ1v) is 7.64. The van der Waals surface area contributed by atoms with Crippen molar-refractivity contribution in [2.45, 2.75) is 25.4 Å². The first-order chi connectivity index (χ1) is 10.3. The lowest BCUT2D eigenvalue weighted by Gasteiger charge is -2.22. The number of furan rings is 1. The zero-order valence-electron chi connectivity index (χ0n) is 11.3. The molecule has 1 N–H and O–H groups in total. The Balaban J connectivity index is 1.63. The lowest BCUT2D eigenvalue weighted by Crippen LogP contribution is -2.45. The van der Waals surface area contributed by atoms with Crippen molar-refractivity contribution in [3.63, 3.8) is 0 Å². The van der Waals surface area contributed by atoms with Crippen LogP contribution in [-0.2, 0) is 11.3 Å². The zero-order valence-corrected chi connectivity index (χ0v) is 12.1. The largest absolute Gasteiger partial charge is 0.459 e. The fourth-order valence-corrected chi connectivity index (χ4v) is 3.00. The summed E-state index contributed by atoms with van der Waals surface area (Å²) >= 11 is 1.49. The van der Waals surface area contributed by atoms with E-state index in [1.165, 1.54) is 17.6 Å². The van der Waals surface area contributed by atoms with E-state index < -0.39 is 6.04 Å². The second-order valence-corrected chi connectivity index (χ2v) is 5.76. The van der Waals surface area contributed by atoms with E-state index >= 15 is 0 Å². The third-order valence-corrected chi connectivity index (χ3v) is 4.23. The predicted octanol–water partition coefficient (Wildman–Crippen LogP) is 1.66. The number of likely N-dealkylation sites (tertiary alicyclic amines) is 1. The minimum absolute atomic E-state index is 0.136. The average molecular weight is 305 g/mol. The molecular formula is C14H15N3O3S. The van der Waals surface area contributed by atoms with Gasteiger partial charge in [0, 0.05) is 18.1 Å². The highest BCUT2D eigenvalue weighted by atomic mass is 32.1. The van der Waals surface area contributed by atoms with E-state index in [1.807, 2.05) is 5.38 Å². The van der Waals surface area contributed by atoms with Crippen LogP contribution >= 0.6 is 11.3 Å². The molecule has 1 aliphatic heterocycles. The predicted molar refractivity (Wildman–Crippen MR) is 76.7 cm³/mol. The summed E-state index contributed by atoms with van der Waals surface area (Å²) in [5, 5.41) is 5.56. The molecule has 1 saturated heterocycles. The van der Waals surface area contributed by atoms with Crippen LogP contribution in [0.25, 0.3) is 0 Å². The van der Waals surface area contributed by atoms with Crippen molar-refractivity contribution in [3.8, 4) is 0 Å². The number of thiazole rings is 1. The van der Waals surface area contributed by atoms with Crippen LogP contribution < -0.4 is 5.32 Å². The van der Waals surface area contributed by atoms with Crippen LogP contribution in [0.2, 0.25) is 0 Å². The summed E-state index contributed by atoms with van der Waals surface area (Å²) in [5.41, 5.74) is 0. The molecule has 2 aromatic heterocycles. The molecule has 110 valence electrons. The molecule has 0 saturated carbocycles. The Bertz CT molecular complexity index is 609. The highest BCUT2D eigenvalue weighted by molar-refractivity contribution is 7.09. The van der Waals surface area contributed by atoms with Crippen LogP contribution in [0.5, 0.6) is 0 Å². The van der Waals surface area contributed by atoms with E-state index in [2.05, 4.69) is 10.3 Å². The van der Waals surface area contributed by atoms with E-state index in [9.17, 15) is 9.59 Å². The van der Waals surface area contributed by atoms with Crippen LogP contribution in [0, 0.1) is 0 Å². The van der Waals surface area contributed by atoms with Crippen LogP contribution in [0.1, 0.15) is 28.4 Å². The van der Waals surface area contributed by atoms with Gasteiger partial charge in [0.15, 0.2) is 5.76 Å². The minimum atomic E-state index is -0.428. The number of carbonyl (C=O) groups is 2. The zero-order chi connectivity index (χ0) is 14.7. The molecule has 2 aromatic rings. The van der Waals surface area contributed by atoms with Gasteiger partial charge in [-0.1, -0.05) is 0 Å². The van der Waals surface area contributed by atoms with Gasteiger partial charge >= 0.3 is 0 Å². The minimum Gasteiger partial charge on any atom is -0.459 e. The standard InChI is InChI=1S/C14H15N3O3S/c18-13(16-9-12-15-5-8-21-12)10-3-1-6-17(10)14(19)11-4-2-7-20-11/h2,4-5,7-8,10H,1,3,6,9H2,(H,16,18). The molecule has 0 spiro atoms. The van der Waals surface area contributed by atoms with E-state index in [1.54, 1.807) is 23.2 Å². The Morgan fingerprint density at radius 2 is 2.43 bits per heavy atom. The van der Waals surface area contributed by atoms with Gasteiger partial charge in [0.05, 0.1) is 12.8 Å². The number of hydrogen-bond donors (Lipinski definition) is 1. The van der Waals surface area contributed by atoms with Gasteiger partial charge in [0.1, 0.15) is 11.0 Å². The SMILES string of the molecule is O=C(NCc1nccs1)C1CCCN1C(=O)c1ccco1. The molecule has 6 nitrogen and oxygen atoms in total. The molecule has 1 atom stereocenters. The molecule has 0 aliphatic carbocycles. The van der Waals surface area contributed by atoms with Gasteiger partial charge in [-0.15, -0.1) is 11.3 Å². The van der Waals surface area contributed by atoms with Crippen molar-refractivity contribution >= 4 is 23.2 Å². The van der Waals surface area contributed by atoms with Crippen molar-refractivity contribution < 1.29 is 14.0 Å². The van der Waals surface area contributed by atoms with Gasteiger partial charge in [-0.3, -0.25) is 9.59 Å². The fraction of sp³-hybridized carbons (Fsp3) is 0.357. The Morgan fingerprint density at radius 3 is 3.14 bits per heavy atom. The fourth-order valence-electron chi connectivity index (χ4n) is 2.44. The van der Waals surface area contributed by atoms with E-state index in [4.69, 9.17) is 4.42 Å². The number of rotatable bonds is 4. The van der Waals surface area contributed by atoms with E-state index in [-0.39, 0.29) is 17.6 Å². The summed E-state index contributed by atoms with van der Waals surface area (Å²) in [6.07, 6.45) is 4.66. The average Bonchev–Trinajstić information content (AvgIpc) is 3.26. The maximum absolute atomic E-state index is 12.3. The van der Waals surface area contributed by atoms with Gasteiger partial charge in [-0.2, -0.15) is 0 Å². The van der Waals surface area contributed by atoms with Crippen molar-refractivity contribution in [2.24, 2.45) is 0 Å². The Morgan fingerprint density at radius 1 is 1.52 bits per heavy atom. The number of nitrogens with one attached hydrogen (secondary N) is 1. The molecular weight excluding hydrogens is 290 g/mol. The number of aromatic nitrogens is 1. The summed E-state index contributed by atoms with van der Waals surface area (Å²) in [5.74, 6) is -0.0934. The molecule has 0 radical (unpaired) electrons. The second kappa shape index (κ2) is 6.09. The Hall–Kier alpha value is -2.15. The van der Waals surface area contributed by atoms with Crippen LogP contribution in [0.15, 0.2) is 34.4 Å². The van der Waals surface area contributed by atoms with Gasteiger partial charge in [-0.05, 0) is 25.0 Å². The lowest BCUT2D eigenvalue weighted by molar-refractivity contribution is -0.125. The van der Waals surface area contributed by atoms with Crippen molar-refractivity contribution in [2.75, 3.05) is 6.54 Å². The lowest BCUT2D eigenvalue weighted by atomic mass is 10.2. The van der Waals surface area contributed by atoms with Gasteiger partial charge in [-0.25, -0.2) is 4.98 Å². The van der Waals surface area contributed by atoms with E-state index in [0.717, 1.165) is 11.4 Å². The Labute approximate surface area is 125 Å². The monoisotopic (exact) mass is 305 g/mol. The molecule has 1 unspecified atom stereocenters. The van der Waals surface area contributed by atoms with Crippen molar-refractivity contribution in [3.05, 3.63) is 40.7 Å². The first kappa shape index (κ1) is 13.8. The Kier molecular flexibility index (Phi) is 4.01. The number of carbonyl (C=O) groups excluding carboxylic acids is 2. The first-order valence-electron chi connectivity index (χ1n) is 6.76. The van der Waals surface area contributed by atoms with Crippen LogP contribution in [0.4, 0.5) is 0 Å². The third-order valence-electron chi connectivity index (χ3n) is 3.45. The summed E-state index contributed by atoms with van der Waals surface area (Å²) < 4.78 is 5.12. The maximum atomic E-state index is 12.3. The molecule has 0 bridgehead atoms. The highest BCUT2D eigenvalue weighted by Crippen LogP contribution is 2.20. The smallest absolute Gasteiger partial charge is 0.290 e. The quantitative estimate of drug-likeness (QED) is 0.932. The molecule has 0 aromatic carbocycles. The highest BCUT2D eigenvalue weighted by Gasteiger charge is 2.35. The third kappa shape index (κ3) is 2.97. The van der Waals surface area contributed by atoms with Gasteiger partial charge < -0.3 is 14.6 Å². The number of amides is 2. The maximum Gasteiger partial charge on any atom is 0.290 e. The van der Waals surface area contributed by atoms with Crippen LogP contribution in [0.3, 0.4) is 0 Å². The summed E-state index contributed by atoms with van der Waals surface area (Å²) in [7, 11) is 0. The van der Waals surface area contributed by atoms with Crippen LogP contribution in [-0.4, -0.2) is 34.3 Å². The molecule has 7 heteroatoms. The summed E-state index contributed by atoms with van der Waals surface area (Å²) in [4.78, 5) is 30.3. The normalized spacial score (nSPS) is 17.9. The van der Waals surface area contributed by atoms with Crippen molar-refractivity contribution in [1.29, 1.82) is 0 Å². The van der Waals surface area contributed by atoms with Gasteiger partial charge in [0.25, 0.3) is 5.91 Å². The number of hydrogen-bond acceptors (Lipinski definition) is 5. The topological polar surface area (TPSA) is 75.4 Å². The number of nitrogens with zero attached hydrogens (tertiary/aromatic N) is 2. The second-order valence-electron chi connectivity index (χ2n) is 4.78. The molecule has 3 heterocycles. The molecule has 2 amide bonds. The molecule has 1 aliphatic rings. The molecule has 21 heavy (non-hydrogen) atoms. The molecule has 3 rings (SSSR count). The van der Waals surface area contributed by atoms with Crippen molar-refractivity contribution in [1.82, 2.24) is 15.2 Å². The summed E-state index contributed by atoms with van der Waals surface area (Å²) in [6.45, 7) is 0.977. The van der Waals surface area contributed by atoms with E-state index in [0.29, 0.717) is 19.5 Å². The van der Waals surface area contributed by atoms with Gasteiger partial charge in [0.2, 0.25) is 5.91 Å².